The zero-order valence-electron chi connectivity index (χ0n) is 10.7. The first-order valence-electron chi connectivity index (χ1n) is 5.97. The zero-order valence-corrected chi connectivity index (χ0v) is 12.2. The van der Waals surface area contributed by atoms with E-state index >= 15 is 0 Å². The van der Waals surface area contributed by atoms with Gasteiger partial charge in [0.25, 0.3) is 0 Å². The van der Waals surface area contributed by atoms with Crippen molar-refractivity contribution in [3.63, 3.8) is 0 Å². The van der Waals surface area contributed by atoms with Crippen molar-refractivity contribution in [1.29, 1.82) is 0 Å². The van der Waals surface area contributed by atoms with Crippen LogP contribution in [0.4, 0.5) is 0 Å². The number of carbonyl (C=O) groups is 1. The molecule has 0 aliphatic heterocycles. The van der Waals surface area contributed by atoms with Crippen LogP contribution in [0.15, 0.2) is 18.2 Å². The first-order valence-corrected chi connectivity index (χ1v) is 6.88. The number of fused-ring (bicyclic) bond motifs is 1. The van der Waals surface area contributed by atoms with Gasteiger partial charge in [0.05, 0.1) is 16.9 Å². The molecule has 0 fully saturated rings. The molecule has 1 aromatic carbocycles. The second-order valence-electron chi connectivity index (χ2n) is 4.76. The Morgan fingerprint density at radius 1 is 1.47 bits per heavy atom. The molecule has 1 unspecified atom stereocenters. The molecule has 0 spiro atoms. The summed E-state index contributed by atoms with van der Waals surface area (Å²) < 4.78 is 1.79. The highest BCUT2D eigenvalue weighted by molar-refractivity contribution is 6.31. The molecule has 6 heteroatoms. The molecule has 102 valence electrons. The van der Waals surface area contributed by atoms with Crippen molar-refractivity contribution >= 4 is 40.1 Å². The first-order chi connectivity index (χ1) is 8.95. The number of hydrogen-bond donors (Lipinski definition) is 1. The summed E-state index contributed by atoms with van der Waals surface area (Å²) in [6.07, 6.45) is 0. The number of amides is 1. The second-order valence-corrected chi connectivity index (χ2v) is 5.46. The van der Waals surface area contributed by atoms with Crippen LogP contribution in [0.5, 0.6) is 0 Å². The topological polar surface area (TPSA) is 60.9 Å². The van der Waals surface area contributed by atoms with Crippen LogP contribution >= 0.6 is 23.2 Å². The third-order valence-electron chi connectivity index (χ3n) is 3.05. The summed E-state index contributed by atoms with van der Waals surface area (Å²) in [7, 11) is 0. The van der Waals surface area contributed by atoms with Crippen molar-refractivity contribution in [2.75, 3.05) is 0 Å². The van der Waals surface area contributed by atoms with Gasteiger partial charge in [-0.1, -0.05) is 25.4 Å². The molecule has 1 atom stereocenters. The lowest BCUT2D eigenvalue weighted by atomic mass is 10.0. The van der Waals surface area contributed by atoms with Crippen molar-refractivity contribution in [1.82, 2.24) is 9.55 Å². The molecule has 2 rings (SSSR count). The van der Waals surface area contributed by atoms with E-state index < -0.39 is 11.9 Å². The van der Waals surface area contributed by atoms with E-state index in [1.807, 2.05) is 19.9 Å². The number of hydrogen-bond acceptors (Lipinski definition) is 2. The van der Waals surface area contributed by atoms with Gasteiger partial charge in [0, 0.05) is 5.02 Å². The van der Waals surface area contributed by atoms with E-state index in [9.17, 15) is 4.79 Å². The van der Waals surface area contributed by atoms with Gasteiger partial charge in [0.2, 0.25) is 5.91 Å². The molecule has 1 heterocycles. The Morgan fingerprint density at radius 2 is 2.16 bits per heavy atom. The molecular formula is C13H15Cl2N3O. The summed E-state index contributed by atoms with van der Waals surface area (Å²) in [6, 6.07) is 4.85. The maximum Gasteiger partial charge on any atom is 0.240 e. The molecule has 19 heavy (non-hydrogen) atoms. The van der Waals surface area contributed by atoms with E-state index in [0.717, 1.165) is 11.0 Å². The minimum absolute atomic E-state index is 0.0378. The number of carbonyl (C=O) groups excluding carboxylic acids is 1. The lowest BCUT2D eigenvalue weighted by molar-refractivity contribution is -0.122. The standard InChI is InChI=1S/C13H15Cl2N3O/c1-7(2)12(13(16)19)18-10-5-8(15)3-4-9(10)17-11(18)6-14/h3-5,7,12H,6H2,1-2H3,(H2,16,19). The average molecular weight is 300 g/mol. The quantitative estimate of drug-likeness (QED) is 0.882. The van der Waals surface area contributed by atoms with Gasteiger partial charge < -0.3 is 10.3 Å². The fraction of sp³-hybridized carbons (Fsp3) is 0.385. The number of alkyl halides is 1. The van der Waals surface area contributed by atoms with Crippen LogP contribution in [0.2, 0.25) is 5.02 Å². The summed E-state index contributed by atoms with van der Waals surface area (Å²) in [4.78, 5) is 16.2. The number of primary amides is 1. The molecular weight excluding hydrogens is 285 g/mol. The van der Waals surface area contributed by atoms with Crippen LogP contribution in [-0.4, -0.2) is 15.5 Å². The predicted octanol–water partition coefficient (Wildman–Crippen LogP) is 3.11. The Kier molecular flexibility index (Phi) is 4.02. The largest absolute Gasteiger partial charge is 0.368 e. The number of aromatic nitrogens is 2. The maximum atomic E-state index is 11.7. The van der Waals surface area contributed by atoms with E-state index in [1.54, 1.807) is 16.7 Å². The zero-order chi connectivity index (χ0) is 14.2. The van der Waals surface area contributed by atoms with E-state index in [2.05, 4.69) is 4.98 Å². The molecule has 4 nitrogen and oxygen atoms in total. The van der Waals surface area contributed by atoms with Gasteiger partial charge in [0.15, 0.2) is 0 Å². The number of nitrogens with two attached hydrogens (primary N) is 1. The van der Waals surface area contributed by atoms with Crippen molar-refractivity contribution in [2.45, 2.75) is 25.8 Å². The van der Waals surface area contributed by atoms with Gasteiger partial charge in [-0.3, -0.25) is 4.79 Å². The minimum atomic E-state index is -0.489. The Labute approximate surface area is 121 Å². The monoisotopic (exact) mass is 299 g/mol. The SMILES string of the molecule is CC(C)C(C(N)=O)n1c(CCl)nc2ccc(Cl)cc21. The lowest BCUT2D eigenvalue weighted by Gasteiger charge is -2.21. The molecule has 2 N–H and O–H groups in total. The van der Waals surface area contributed by atoms with Gasteiger partial charge in [-0.15, -0.1) is 11.6 Å². The molecule has 0 aliphatic rings. The van der Waals surface area contributed by atoms with Crippen molar-refractivity contribution in [3.8, 4) is 0 Å². The lowest BCUT2D eigenvalue weighted by Crippen LogP contribution is -2.31. The second kappa shape index (κ2) is 5.39. The van der Waals surface area contributed by atoms with Crippen LogP contribution in [-0.2, 0) is 10.7 Å². The molecule has 0 radical (unpaired) electrons. The fourth-order valence-electron chi connectivity index (χ4n) is 2.27. The maximum absolute atomic E-state index is 11.7. The average Bonchev–Trinajstić information content (AvgIpc) is 2.67. The Hall–Kier alpha value is -1.26. The van der Waals surface area contributed by atoms with Crippen LogP contribution in [0.3, 0.4) is 0 Å². The molecule has 2 aromatic rings. The highest BCUT2D eigenvalue weighted by atomic mass is 35.5. The third kappa shape index (κ3) is 2.55. The van der Waals surface area contributed by atoms with Crippen molar-refractivity contribution < 1.29 is 4.79 Å². The van der Waals surface area contributed by atoms with Crippen molar-refractivity contribution in [2.24, 2.45) is 11.7 Å². The summed E-state index contributed by atoms with van der Waals surface area (Å²) in [5.74, 6) is 0.468. The summed E-state index contributed by atoms with van der Waals surface area (Å²) in [6.45, 7) is 3.87. The minimum Gasteiger partial charge on any atom is -0.368 e. The van der Waals surface area contributed by atoms with Gasteiger partial charge in [-0.25, -0.2) is 4.98 Å². The highest BCUT2D eigenvalue weighted by Gasteiger charge is 2.26. The smallest absolute Gasteiger partial charge is 0.240 e. The van der Waals surface area contributed by atoms with E-state index in [1.165, 1.54) is 0 Å². The summed E-state index contributed by atoms with van der Waals surface area (Å²) in [5, 5.41) is 0.585. The number of rotatable bonds is 4. The fourth-order valence-corrected chi connectivity index (χ4v) is 2.63. The number of halogens is 2. The number of imidazole rings is 1. The Bertz CT molecular complexity index is 622. The number of nitrogens with zero attached hydrogens (tertiary/aromatic N) is 2. The molecule has 1 aromatic heterocycles. The van der Waals surface area contributed by atoms with Crippen molar-refractivity contribution in [3.05, 3.63) is 29.0 Å². The van der Waals surface area contributed by atoms with Gasteiger partial charge >= 0.3 is 0 Å². The van der Waals surface area contributed by atoms with Crippen LogP contribution < -0.4 is 5.73 Å². The molecule has 0 saturated carbocycles. The molecule has 1 amide bonds. The van der Waals surface area contributed by atoms with Gasteiger partial charge in [0.1, 0.15) is 11.9 Å². The Morgan fingerprint density at radius 3 is 2.68 bits per heavy atom. The van der Waals surface area contributed by atoms with Gasteiger partial charge in [-0.2, -0.15) is 0 Å². The molecule has 0 bridgehead atoms. The van der Waals surface area contributed by atoms with Crippen LogP contribution in [0, 0.1) is 5.92 Å². The molecule has 0 saturated heterocycles. The van der Waals surface area contributed by atoms with Gasteiger partial charge in [-0.05, 0) is 24.1 Å². The highest BCUT2D eigenvalue weighted by Crippen LogP contribution is 2.28. The predicted molar refractivity (Wildman–Crippen MR) is 77.4 cm³/mol. The normalized spacial score (nSPS) is 13.1. The van der Waals surface area contributed by atoms with E-state index in [0.29, 0.717) is 10.8 Å². The summed E-state index contributed by atoms with van der Waals surface area (Å²) in [5.41, 5.74) is 7.05. The van der Waals surface area contributed by atoms with E-state index in [-0.39, 0.29) is 11.8 Å². The molecule has 0 aliphatic carbocycles. The Balaban J connectivity index is 2.74. The number of benzene rings is 1. The van der Waals surface area contributed by atoms with Crippen LogP contribution in [0.25, 0.3) is 11.0 Å². The van der Waals surface area contributed by atoms with Crippen LogP contribution in [0.1, 0.15) is 25.7 Å². The summed E-state index contributed by atoms with van der Waals surface area (Å²) >= 11 is 11.9. The third-order valence-corrected chi connectivity index (χ3v) is 3.52. The first kappa shape index (κ1) is 14.2. The van der Waals surface area contributed by atoms with E-state index in [4.69, 9.17) is 28.9 Å².